The summed E-state index contributed by atoms with van der Waals surface area (Å²) in [5.41, 5.74) is 1.42. The first-order valence-corrected chi connectivity index (χ1v) is 11.6. The van der Waals surface area contributed by atoms with E-state index in [4.69, 9.17) is 18.7 Å². The second kappa shape index (κ2) is 10.3. The molecule has 0 aliphatic carbocycles. The van der Waals surface area contributed by atoms with Gasteiger partial charge in [0.25, 0.3) is 0 Å². The minimum Gasteiger partial charge on any atom is -0.493 e. The van der Waals surface area contributed by atoms with Crippen LogP contribution in [0.25, 0.3) is 0 Å². The first-order valence-electron chi connectivity index (χ1n) is 9.96. The fraction of sp³-hybridized carbons (Fsp3) is 0.318. The lowest BCUT2D eigenvalue weighted by Crippen LogP contribution is -2.13. The summed E-state index contributed by atoms with van der Waals surface area (Å²) in [6.07, 6.45) is 0.191. The summed E-state index contributed by atoms with van der Waals surface area (Å²) in [5.74, 6) is 0.733. The number of aryl methyl sites for hydroxylation is 2. The average Bonchev–Trinajstić information content (AvgIpc) is 3.23. The van der Waals surface area contributed by atoms with Crippen molar-refractivity contribution in [2.75, 3.05) is 26.6 Å². The molecule has 11 heteroatoms. The number of carbonyl (C=O) groups excluding carboxylic acids is 1. The molecule has 1 amide bonds. The Labute approximate surface area is 191 Å². The van der Waals surface area contributed by atoms with Gasteiger partial charge in [0.15, 0.2) is 27.2 Å². The zero-order chi connectivity index (χ0) is 24.0. The molecular weight excluding hydrogens is 450 g/mol. The van der Waals surface area contributed by atoms with Gasteiger partial charge in [-0.1, -0.05) is 22.9 Å². The fourth-order valence-corrected chi connectivity index (χ4v) is 4.22. The second-order valence-electron chi connectivity index (χ2n) is 7.14. The molecule has 2 aromatic carbocycles. The van der Waals surface area contributed by atoms with Crippen LogP contribution in [-0.4, -0.2) is 45.8 Å². The Kier molecular flexibility index (Phi) is 7.54. The minimum atomic E-state index is -3.61. The van der Waals surface area contributed by atoms with Gasteiger partial charge in [-0.25, -0.2) is 8.42 Å². The van der Waals surface area contributed by atoms with Gasteiger partial charge in [0.05, 0.1) is 26.2 Å². The number of anilines is 1. The standard InChI is InChI=1S/C22H25N3O7S/c1-14-5-7-16(8-6-14)33(27,28)13-19-24-21(32-25-19)10-9-20(26)23-15-11-17(29-2)22(31-4)18(12-15)30-3/h5-8,11-12H,9-10,13H2,1-4H3,(H,23,26). The molecule has 3 aromatic rings. The molecule has 0 bridgehead atoms. The van der Waals surface area contributed by atoms with E-state index in [9.17, 15) is 13.2 Å². The zero-order valence-corrected chi connectivity index (χ0v) is 19.6. The highest BCUT2D eigenvalue weighted by Gasteiger charge is 2.20. The monoisotopic (exact) mass is 475 g/mol. The molecule has 0 spiro atoms. The van der Waals surface area contributed by atoms with E-state index in [1.54, 1.807) is 36.4 Å². The molecule has 0 aliphatic heterocycles. The second-order valence-corrected chi connectivity index (χ2v) is 9.13. The predicted octanol–water partition coefficient (Wildman–Crippen LogP) is 2.95. The van der Waals surface area contributed by atoms with Crippen molar-refractivity contribution in [3.8, 4) is 17.2 Å². The normalized spacial score (nSPS) is 11.2. The number of sulfone groups is 1. The maximum Gasteiger partial charge on any atom is 0.227 e. The van der Waals surface area contributed by atoms with Crippen LogP contribution in [0.3, 0.4) is 0 Å². The topological polar surface area (TPSA) is 130 Å². The SMILES string of the molecule is COc1cc(NC(=O)CCc2nc(CS(=O)(=O)c3ccc(C)cc3)no2)cc(OC)c1OC. The Bertz CT molecular complexity index is 1200. The van der Waals surface area contributed by atoms with Crippen LogP contribution < -0.4 is 19.5 Å². The van der Waals surface area contributed by atoms with Gasteiger partial charge < -0.3 is 24.1 Å². The van der Waals surface area contributed by atoms with E-state index in [0.717, 1.165) is 5.56 Å². The number of nitrogens with zero attached hydrogens (tertiary/aromatic N) is 2. The first-order chi connectivity index (χ1) is 15.7. The van der Waals surface area contributed by atoms with E-state index in [2.05, 4.69) is 15.5 Å². The Morgan fingerprint density at radius 2 is 1.67 bits per heavy atom. The van der Waals surface area contributed by atoms with Crippen molar-refractivity contribution >= 4 is 21.4 Å². The van der Waals surface area contributed by atoms with Crippen molar-refractivity contribution in [1.29, 1.82) is 0 Å². The molecule has 0 fully saturated rings. The summed E-state index contributed by atoms with van der Waals surface area (Å²) in [5, 5.41) is 6.47. The highest BCUT2D eigenvalue weighted by molar-refractivity contribution is 7.90. The third-order valence-corrected chi connectivity index (χ3v) is 6.35. The van der Waals surface area contributed by atoms with E-state index in [1.165, 1.54) is 21.3 Å². The van der Waals surface area contributed by atoms with Gasteiger partial charge in [-0.15, -0.1) is 0 Å². The summed E-state index contributed by atoms with van der Waals surface area (Å²) in [6.45, 7) is 1.87. The number of hydrogen-bond donors (Lipinski definition) is 1. The number of benzene rings is 2. The lowest BCUT2D eigenvalue weighted by atomic mass is 10.2. The van der Waals surface area contributed by atoms with Gasteiger partial charge >= 0.3 is 0 Å². The average molecular weight is 476 g/mol. The largest absolute Gasteiger partial charge is 0.493 e. The summed E-state index contributed by atoms with van der Waals surface area (Å²) < 4.78 is 46.0. The van der Waals surface area contributed by atoms with Crippen molar-refractivity contribution in [2.24, 2.45) is 0 Å². The molecule has 0 aliphatic rings. The van der Waals surface area contributed by atoms with E-state index in [-0.39, 0.29) is 35.4 Å². The number of aromatic nitrogens is 2. The summed E-state index contributed by atoms with van der Waals surface area (Å²) in [4.78, 5) is 16.7. The van der Waals surface area contributed by atoms with Gasteiger partial charge in [0, 0.05) is 30.7 Å². The van der Waals surface area contributed by atoms with Crippen molar-refractivity contribution in [1.82, 2.24) is 10.1 Å². The lowest BCUT2D eigenvalue weighted by molar-refractivity contribution is -0.116. The van der Waals surface area contributed by atoms with E-state index < -0.39 is 15.6 Å². The van der Waals surface area contributed by atoms with E-state index in [0.29, 0.717) is 22.9 Å². The van der Waals surface area contributed by atoms with Crippen molar-refractivity contribution in [3.05, 3.63) is 53.7 Å². The van der Waals surface area contributed by atoms with Crippen LogP contribution in [-0.2, 0) is 26.8 Å². The van der Waals surface area contributed by atoms with Gasteiger partial charge in [0.1, 0.15) is 5.75 Å². The smallest absolute Gasteiger partial charge is 0.227 e. The van der Waals surface area contributed by atoms with Crippen LogP contribution >= 0.6 is 0 Å². The molecule has 33 heavy (non-hydrogen) atoms. The van der Waals surface area contributed by atoms with Crippen molar-refractivity contribution in [2.45, 2.75) is 30.4 Å². The highest BCUT2D eigenvalue weighted by atomic mass is 32.2. The molecule has 10 nitrogen and oxygen atoms in total. The Morgan fingerprint density at radius 3 is 2.24 bits per heavy atom. The number of nitrogens with one attached hydrogen (secondary N) is 1. The zero-order valence-electron chi connectivity index (χ0n) is 18.7. The summed E-state index contributed by atoms with van der Waals surface area (Å²) in [7, 11) is 0.846. The highest BCUT2D eigenvalue weighted by Crippen LogP contribution is 2.39. The number of ether oxygens (including phenoxy) is 3. The quantitative estimate of drug-likeness (QED) is 0.470. The van der Waals surface area contributed by atoms with E-state index >= 15 is 0 Å². The van der Waals surface area contributed by atoms with Crippen LogP contribution in [0.2, 0.25) is 0 Å². The number of rotatable bonds is 10. The van der Waals surface area contributed by atoms with Gasteiger partial charge in [0.2, 0.25) is 17.5 Å². The molecule has 0 saturated heterocycles. The molecule has 0 atom stereocenters. The molecule has 1 aromatic heterocycles. The van der Waals surface area contributed by atoms with Crippen LogP contribution in [0.4, 0.5) is 5.69 Å². The van der Waals surface area contributed by atoms with Crippen molar-refractivity contribution < 1.29 is 31.9 Å². The molecule has 0 radical (unpaired) electrons. The number of amides is 1. The fourth-order valence-electron chi connectivity index (χ4n) is 3.05. The third kappa shape index (κ3) is 6.01. The van der Waals surface area contributed by atoms with Crippen LogP contribution in [0.1, 0.15) is 23.7 Å². The molecule has 0 saturated carbocycles. The van der Waals surface area contributed by atoms with Crippen molar-refractivity contribution in [3.63, 3.8) is 0 Å². The molecule has 0 unspecified atom stereocenters. The summed E-state index contributed by atoms with van der Waals surface area (Å²) in [6, 6.07) is 9.75. The van der Waals surface area contributed by atoms with Gasteiger partial charge in [-0.05, 0) is 19.1 Å². The predicted molar refractivity (Wildman–Crippen MR) is 119 cm³/mol. The number of carbonyl (C=O) groups is 1. The molecular formula is C22H25N3O7S. The lowest BCUT2D eigenvalue weighted by Gasteiger charge is -2.14. The third-order valence-electron chi connectivity index (χ3n) is 4.72. The Balaban J connectivity index is 1.60. The molecule has 1 N–H and O–H groups in total. The molecule has 3 rings (SSSR count). The number of methoxy groups -OCH3 is 3. The summed E-state index contributed by atoms with van der Waals surface area (Å²) >= 11 is 0. The first kappa shape index (κ1) is 24.1. The van der Waals surface area contributed by atoms with Gasteiger partial charge in [-0.2, -0.15) is 4.98 Å². The number of hydrogen-bond acceptors (Lipinski definition) is 9. The van der Waals surface area contributed by atoms with Crippen LogP contribution in [0.15, 0.2) is 45.8 Å². The van der Waals surface area contributed by atoms with Gasteiger partial charge in [-0.3, -0.25) is 4.79 Å². The molecule has 176 valence electrons. The Morgan fingerprint density at radius 1 is 1.03 bits per heavy atom. The Hall–Kier alpha value is -3.60. The maximum atomic E-state index is 12.5. The molecule has 1 heterocycles. The van der Waals surface area contributed by atoms with Crippen LogP contribution in [0.5, 0.6) is 17.2 Å². The maximum absolute atomic E-state index is 12.5. The van der Waals surface area contributed by atoms with Crippen LogP contribution in [0, 0.1) is 6.92 Å². The van der Waals surface area contributed by atoms with E-state index in [1.807, 2.05) is 6.92 Å². The minimum absolute atomic E-state index is 0.0376.